The van der Waals surface area contributed by atoms with E-state index in [4.69, 9.17) is 9.47 Å². The van der Waals surface area contributed by atoms with E-state index in [1.807, 2.05) is 0 Å². The van der Waals surface area contributed by atoms with Gasteiger partial charge < -0.3 is 24.8 Å². The summed E-state index contributed by atoms with van der Waals surface area (Å²) in [5, 5.41) is 30.3. The maximum atomic E-state index is 12.5. The number of benzene rings is 1. The van der Waals surface area contributed by atoms with Crippen molar-refractivity contribution in [2.45, 2.75) is 38.1 Å². The second-order valence-electron chi connectivity index (χ2n) is 6.13. The fourth-order valence-electron chi connectivity index (χ4n) is 2.53. The lowest BCUT2D eigenvalue weighted by Crippen LogP contribution is -2.33. The number of phenols is 1. The Hall–Kier alpha value is -1.91. The first kappa shape index (κ1) is 21.4. The van der Waals surface area contributed by atoms with E-state index in [0.717, 1.165) is 0 Å². The quantitative estimate of drug-likeness (QED) is 0.411. The average Bonchev–Trinajstić information content (AvgIpc) is 2.63. The number of halogens is 1. The number of cyclic esters (lactones) is 1. The minimum absolute atomic E-state index is 0.0271. The van der Waals surface area contributed by atoms with Gasteiger partial charge in [0.15, 0.2) is 5.78 Å². The Kier molecular flexibility index (Phi) is 7.40. The Balaban J connectivity index is 2.48. The zero-order valence-electron chi connectivity index (χ0n) is 14.9. The van der Waals surface area contributed by atoms with Gasteiger partial charge in [0.1, 0.15) is 29.3 Å². The van der Waals surface area contributed by atoms with E-state index in [0.29, 0.717) is 11.3 Å². The molecule has 0 radical (unpaired) electrons. The number of hydrogen-bond acceptors (Lipinski definition) is 7. The Bertz CT molecular complexity index is 785. The number of rotatable bonds is 1. The van der Waals surface area contributed by atoms with Crippen LogP contribution in [0.5, 0.6) is 11.5 Å². The fraction of sp³-hybridized carbons (Fsp3) is 0.368. The third-order valence-corrected chi connectivity index (χ3v) is 5.01. The number of ketones is 1. The second-order valence-corrected chi connectivity index (χ2v) is 7.29. The summed E-state index contributed by atoms with van der Waals surface area (Å²) in [7, 11) is 1.42. The number of Topliss-reactive ketones (excluding diaryl/α,β-unsaturated/α-hetero) is 1. The van der Waals surface area contributed by atoms with Gasteiger partial charge in [-0.15, -0.1) is 0 Å². The molecule has 0 amide bonds. The van der Waals surface area contributed by atoms with Crippen LogP contribution in [0, 0.1) is 0 Å². The summed E-state index contributed by atoms with van der Waals surface area (Å²) in [5.41, 5.74) is 0.306. The Morgan fingerprint density at radius 2 is 1.93 bits per heavy atom. The molecule has 3 N–H and O–H groups in total. The van der Waals surface area contributed by atoms with Crippen LogP contribution in [0.25, 0.3) is 6.08 Å². The van der Waals surface area contributed by atoms with Gasteiger partial charge in [0.25, 0.3) is 0 Å². The van der Waals surface area contributed by atoms with Gasteiger partial charge in [-0.1, -0.05) is 18.2 Å². The molecule has 2 rings (SSSR count). The van der Waals surface area contributed by atoms with Crippen molar-refractivity contribution < 1.29 is 34.4 Å². The third-order valence-electron chi connectivity index (χ3n) is 4.04. The Labute approximate surface area is 170 Å². The molecule has 1 heterocycles. The highest BCUT2D eigenvalue weighted by molar-refractivity contribution is 14.1. The summed E-state index contributed by atoms with van der Waals surface area (Å²) in [6.45, 7) is 1.65. The molecule has 27 heavy (non-hydrogen) atoms. The summed E-state index contributed by atoms with van der Waals surface area (Å²) in [5.74, 6) is -1.26. The molecule has 8 heteroatoms. The van der Waals surface area contributed by atoms with Crippen LogP contribution in [0.3, 0.4) is 0 Å². The van der Waals surface area contributed by atoms with Crippen molar-refractivity contribution in [2.24, 2.45) is 0 Å². The van der Waals surface area contributed by atoms with Crippen LogP contribution in [-0.4, -0.2) is 52.5 Å². The van der Waals surface area contributed by atoms with Gasteiger partial charge >= 0.3 is 5.97 Å². The van der Waals surface area contributed by atoms with E-state index in [2.05, 4.69) is 0 Å². The summed E-state index contributed by atoms with van der Waals surface area (Å²) in [6, 6.07) is 2.85. The maximum absolute atomic E-state index is 12.5. The number of phenolic OH excluding ortho intramolecular Hbond substituents is 1. The number of aromatic hydroxyl groups is 1. The lowest BCUT2D eigenvalue weighted by Gasteiger charge is -2.17. The van der Waals surface area contributed by atoms with E-state index in [1.54, 1.807) is 35.6 Å². The molecule has 0 unspecified atom stereocenters. The number of carbonyl (C=O) groups excluding carboxylic acids is 2. The van der Waals surface area contributed by atoms with Crippen LogP contribution in [0.15, 0.2) is 27.9 Å². The van der Waals surface area contributed by atoms with Gasteiger partial charge in [-0.25, -0.2) is 4.79 Å². The molecule has 0 aromatic heterocycles. The highest BCUT2D eigenvalue weighted by atomic mass is 127. The number of ether oxygens (including phenoxy) is 2. The number of methoxy groups -OCH3 is 1. The van der Waals surface area contributed by atoms with Gasteiger partial charge in [0.2, 0.25) is 0 Å². The fourth-order valence-corrected chi connectivity index (χ4v) is 3.11. The minimum atomic E-state index is -1.56. The smallest absolute Gasteiger partial charge is 0.342 e. The number of aliphatic hydroxyl groups excluding tert-OH is 2. The molecule has 146 valence electrons. The summed E-state index contributed by atoms with van der Waals surface area (Å²) < 4.78 is 10.7. The summed E-state index contributed by atoms with van der Waals surface area (Å²) in [4.78, 5) is 24.7. The number of carbonyl (C=O) groups is 2. The average molecular weight is 488 g/mol. The van der Waals surface area contributed by atoms with Gasteiger partial charge in [-0.2, -0.15) is 0 Å². The summed E-state index contributed by atoms with van der Waals surface area (Å²) >= 11 is 1.78. The van der Waals surface area contributed by atoms with Crippen LogP contribution in [0.1, 0.15) is 35.7 Å². The van der Waals surface area contributed by atoms with Crippen LogP contribution in [0.2, 0.25) is 0 Å². The van der Waals surface area contributed by atoms with Crippen molar-refractivity contribution in [1.29, 1.82) is 0 Å². The molecule has 0 spiro atoms. The van der Waals surface area contributed by atoms with Gasteiger partial charge in [0.05, 0.1) is 16.8 Å². The highest BCUT2D eigenvalue weighted by Crippen LogP contribution is 2.30. The topological polar surface area (TPSA) is 113 Å². The van der Waals surface area contributed by atoms with Crippen molar-refractivity contribution >= 4 is 40.4 Å². The molecule has 0 fully saturated rings. The first-order valence-electron chi connectivity index (χ1n) is 8.29. The molecule has 0 bridgehead atoms. The zero-order chi connectivity index (χ0) is 20.1. The molecule has 0 saturated heterocycles. The van der Waals surface area contributed by atoms with Gasteiger partial charge in [-0.3, -0.25) is 4.79 Å². The Morgan fingerprint density at radius 3 is 2.59 bits per heavy atom. The standard InChI is InChI=1S/C19H21IO7/c1-10-6-7-13(20)17(23)18(24)14(21)5-3-4-11-8-12(26-2)9-15(22)16(11)19(25)27-10/h3-4,7-10,14,18,21-22,24H,5-6H2,1-2H3/b4-3+,13-7+/t10-,14-,18-/m0/s1. The number of hydrogen-bond donors (Lipinski definition) is 3. The van der Waals surface area contributed by atoms with E-state index < -0.39 is 30.1 Å². The molecule has 1 aromatic rings. The predicted octanol–water partition coefficient (Wildman–Crippen LogP) is 2.36. The highest BCUT2D eigenvalue weighted by Gasteiger charge is 2.26. The predicted molar refractivity (Wildman–Crippen MR) is 107 cm³/mol. The molecule has 7 nitrogen and oxygen atoms in total. The van der Waals surface area contributed by atoms with E-state index in [9.17, 15) is 24.9 Å². The third kappa shape index (κ3) is 5.30. The van der Waals surface area contributed by atoms with Gasteiger partial charge in [0, 0.05) is 12.5 Å². The van der Waals surface area contributed by atoms with E-state index in [-0.39, 0.29) is 27.7 Å². The number of aliphatic hydroxyl groups is 2. The minimum Gasteiger partial charge on any atom is -0.507 e. The number of fused-ring (bicyclic) bond motifs is 1. The molecular weight excluding hydrogens is 467 g/mol. The van der Waals surface area contributed by atoms with Crippen LogP contribution < -0.4 is 4.74 Å². The second kappa shape index (κ2) is 9.34. The first-order chi connectivity index (χ1) is 12.7. The van der Waals surface area contributed by atoms with Crippen molar-refractivity contribution in [3.8, 4) is 11.5 Å². The summed E-state index contributed by atoms with van der Waals surface area (Å²) in [6.07, 6.45) is 1.30. The lowest BCUT2D eigenvalue weighted by atomic mass is 10.0. The van der Waals surface area contributed by atoms with Crippen LogP contribution in [-0.2, 0) is 9.53 Å². The zero-order valence-corrected chi connectivity index (χ0v) is 17.0. The first-order valence-corrected chi connectivity index (χ1v) is 9.37. The van der Waals surface area contributed by atoms with E-state index >= 15 is 0 Å². The molecule has 0 aliphatic carbocycles. The molecule has 1 aromatic carbocycles. The molecule has 3 atom stereocenters. The van der Waals surface area contributed by atoms with Crippen molar-refractivity contribution in [3.05, 3.63) is 39.0 Å². The lowest BCUT2D eigenvalue weighted by molar-refractivity contribution is -0.127. The molecule has 1 aliphatic heterocycles. The Morgan fingerprint density at radius 1 is 1.22 bits per heavy atom. The van der Waals surface area contributed by atoms with Gasteiger partial charge in [-0.05, 0) is 47.6 Å². The van der Waals surface area contributed by atoms with E-state index in [1.165, 1.54) is 31.4 Å². The monoisotopic (exact) mass is 488 g/mol. The van der Waals surface area contributed by atoms with Crippen LogP contribution >= 0.6 is 22.6 Å². The largest absolute Gasteiger partial charge is 0.507 e. The van der Waals surface area contributed by atoms with Crippen molar-refractivity contribution in [3.63, 3.8) is 0 Å². The normalized spacial score (nSPS) is 27.6. The SMILES string of the molecule is COc1cc(O)c2c(c1)/C=C/C[C@H](O)[C@H](O)C(=O)/C(I)=C\C[C@H](C)OC2=O. The maximum Gasteiger partial charge on any atom is 0.342 e. The molecule has 0 saturated carbocycles. The number of esters is 1. The molecule has 1 aliphatic rings. The van der Waals surface area contributed by atoms with Crippen LogP contribution in [0.4, 0.5) is 0 Å². The van der Waals surface area contributed by atoms with Crippen molar-refractivity contribution in [1.82, 2.24) is 0 Å². The van der Waals surface area contributed by atoms with Crippen molar-refractivity contribution in [2.75, 3.05) is 7.11 Å². The molecular formula is C19H21IO7.